The molecule has 0 saturated heterocycles. The second kappa shape index (κ2) is 14.9. The highest BCUT2D eigenvalue weighted by atomic mass is 35.5. The van der Waals surface area contributed by atoms with Gasteiger partial charge in [0.15, 0.2) is 6.61 Å². The van der Waals surface area contributed by atoms with Gasteiger partial charge in [0, 0.05) is 11.7 Å². The number of aromatic nitrogens is 5. The molecule has 22 heteroatoms. The molecule has 0 unspecified atom stereocenters. The molecule has 1 N–H and O–H groups in total. The molecule has 12 nitrogen and oxygen atoms in total. The van der Waals surface area contributed by atoms with Gasteiger partial charge in [-0.25, -0.2) is 22.2 Å². The number of carbonyl (C=O) groups excluding carboxylic acids is 1. The van der Waals surface area contributed by atoms with Gasteiger partial charge in [-0.15, -0.1) is 10.2 Å². The Balaban J connectivity index is 0.000000256. The largest absolute Gasteiger partial charge is 0.459 e. The van der Waals surface area contributed by atoms with E-state index in [0.717, 1.165) is 12.3 Å². The predicted octanol–water partition coefficient (Wildman–Crippen LogP) is 5.93. The number of alkyl halides is 5. The SMILES string of the molecule is CC(C)N(C(=O)COc1nnc(C(F)(F)F)s1)c1ccc(F)cc1.Cc1nn(-c2cc(NS(C)(=O)=O)c(Cl)cc2Cl)c(=O)n1C(F)F. The molecule has 256 valence electrons. The Labute approximate surface area is 276 Å². The Kier molecular flexibility index (Phi) is 11.9. The minimum absolute atomic E-state index is 0.0257. The van der Waals surface area contributed by atoms with Crippen molar-refractivity contribution in [3.05, 3.63) is 73.6 Å². The molecular formula is C25H23Cl2F6N7O5S2. The zero-order chi connectivity index (χ0) is 35.4. The topological polar surface area (TPSA) is 141 Å². The van der Waals surface area contributed by atoms with Crippen molar-refractivity contribution in [1.82, 2.24) is 24.5 Å². The fourth-order valence-electron chi connectivity index (χ4n) is 3.74. The highest BCUT2D eigenvalue weighted by Gasteiger charge is 2.36. The van der Waals surface area contributed by atoms with Crippen LogP contribution in [-0.2, 0) is 21.0 Å². The third-order valence-corrected chi connectivity index (χ3v) is 7.68. The summed E-state index contributed by atoms with van der Waals surface area (Å²) in [5, 5.41) is 8.34. The monoisotopic (exact) mass is 749 g/mol. The second-order valence-electron chi connectivity index (χ2n) is 9.54. The van der Waals surface area contributed by atoms with Crippen LogP contribution in [0.5, 0.6) is 5.19 Å². The minimum Gasteiger partial charge on any atom is -0.459 e. The summed E-state index contributed by atoms with van der Waals surface area (Å²) in [6.07, 6.45) is -3.71. The molecule has 0 aliphatic carbocycles. The molecule has 0 atom stereocenters. The van der Waals surface area contributed by atoms with E-state index in [4.69, 9.17) is 27.9 Å². The van der Waals surface area contributed by atoms with E-state index in [1.54, 1.807) is 13.8 Å². The lowest BCUT2D eigenvalue weighted by Crippen LogP contribution is -2.40. The van der Waals surface area contributed by atoms with Gasteiger partial charge < -0.3 is 9.64 Å². The average molecular weight is 751 g/mol. The summed E-state index contributed by atoms with van der Waals surface area (Å²) in [6.45, 7) is 1.13. The van der Waals surface area contributed by atoms with Gasteiger partial charge in [-0.05, 0) is 57.2 Å². The Morgan fingerprint density at radius 1 is 1.11 bits per heavy atom. The van der Waals surface area contributed by atoms with Crippen molar-refractivity contribution in [3.8, 4) is 10.9 Å². The van der Waals surface area contributed by atoms with Crippen LogP contribution in [0.1, 0.15) is 31.2 Å². The molecule has 1 amide bonds. The van der Waals surface area contributed by atoms with Crippen LogP contribution < -0.4 is 20.0 Å². The van der Waals surface area contributed by atoms with Crippen LogP contribution in [-0.4, -0.2) is 57.8 Å². The van der Waals surface area contributed by atoms with E-state index >= 15 is 0 Å². The van der Waals surface area contributed by atoms with Crippen LogP contribution >= 0.6 is 34.5 Å². The third kappa shape index (κ3) is 9.81. The molecule has 4 aromatic rings. The molecule has 0 aliphatic heterocycles. The summed E-state index contributed by atoms with van der Waals surface area (Å²) in [5.41, 5.74) is -0.820. The average Bonchev–Trinajstić information content (AvgIpc) is 3.54. The first-order valence-electron chi connectivity index (χ1n) is 12.7. The smallest absolute Gasteiger partial charge is 0.445 e. The van der Waals surface area contributed by atoms with Gasteiger partial charge in [0.1, 0.15) is 11.6 Å². The number of hydrogen-bond donors (Lipinski definition) is 1. The Morgan fingerprint density at radius 3 is 2.21 bits per heavy atom. The number of rotatable bonds is 9. The van der Waals surface area contributed by atoms with Gasteiger partial charge in [0.05, 0.1) is 27.7 Å². The van der Waals surface area contributed by atoms with Gasteiger partial charge in [0.25, 0.3) is 11.1 Å². The van der Waals surface area contributed by atoms with Crippen molar-refractivity contribution in [2.24, 2.45) is 0 Å². The summed E-state index contributed by atoms with van der Waals surface area (Å²) in [5.74, 6) is -1.17. The molecule has 2 heterocycles. The van der Waals surface area contributed by atoms with Gasteiger partial charge in [0.2, 0.25) is 15.0 Å². The number of aryl methyl sites for hydroxylation is 1. The molecule has 0 bridgehead atoms. The maximum atomic E-state index is 13.0. The number of amides is 1. The number of anilines is 2. The van der Waals surface area contributed by atoms with Crippen molar-refractivity contribution < 1.29 is 44.3 Å². The lowest BCUT2D eigenvalue weighted by atomic mass is 10.2. The summed E-state index contributed by atoms with van der Waals surface area (Å²) in [6, 6.07) is 7.33. The van der Waals surface area contributed by atoms with Crippen molar-refractivity contribution in [3.63, 3.8) is 0 Å². The van der Waals surface area contributed by atoms with E-state index in [0.29, 0.717) is 10.4 Å². The predicted molar refractivity (Wildman–Crippen MR) is 162 cm³/mol. The minimum atomic E-state index is -4.61. The highest BCUT2D eigenvalue weighted by Crippen LogP contribution is 2.34. The fraction of sp³-hybridized carbons (Fsp3) is 0.320. The lowest BCUT2D eigenvalue weighted by molar-refractivity contribution is -0.138. The van der Waals surface area contributed by atoms with Gasteiger partial charge in [-0.3, -0.25) is 9.52 Å². The number of carbonyl (C=O) groups is 1. The van der Waals surface area contributed by atoms with E-state index in [-0.39, 0.29) is 54.4 Å². The van der Waals surface area contributed by atoms with E-state index in [1.807, 2.05) is 0 Å². The first-order valence-corrected chi connectivity index (χ1v) is 16.2. The molecule has 0 aliphatic rings. The standard InChI is InChI=1S/C14H13F4N3O2S.C11H10Cl2F2N4O3S/c1-8(2)21(10-5-3-9(15)4-6-10)11(22)7-23-13-20-19-12(24-13)14(16,17)18;1-5-16-19(11(20)18(5)10(14)15)9-4-8(17-23(2,21)22)6(12)3-7(9)13/h3-6,8H,7H2,1-2H3;3-4,10,17H,1-2H3. The molecule has 2 aromatic heterocycles. The summed E-state index contributed by atoms with van der Waals surface area (Å²) >= 11 is 12.0. The second-order valence-corrected chi connectivity index (χ2v) is 13.0. The molecule has 0 spiro atoms. The molecule has 4 rings (SSSR count). The Morgan fingerprint density at radius 2 is 1.72 bits per heavy atom. The maximum Gasteiger partial charge on any atom is 0.445 e. The molecule has 0 fully saturated rings. The molecule has 0 saturated carbocycles. The zero-order valence-corrected chi connectivity index (χ0v) is 27.5. The number of nitrogens with zero attached hydrogens (tertiary/aromatic N) is 6. The van der Waals surface area contributed by atoms with Crippen LogP contribution in [0.15, 0.2) is 41.2 Å². The number of ether oxygens (including phenoxy) is 1. The zero-order valence-electron chi connectivity index (χ0n) is 24.4. The van der Waals surface area contributed by atoms with Crippen molar-refractivity contribution in [2.45, 2.75) is 39.5 Å². The first-order chi connectivity index (χ1) is 21.7. The van der Waals surface area contributed by atoms with Gasteiger partial charge in [-0.1, -0.05) is 39.6 Å². The van der Waals surface area contributed by atoms with Crippen molar-refractivity contribution in [2.75, 3.05) is 22.5 Å². The summed E-state index contributed by atoms with van der Waals surface area (Å²) in [4.78, 5) is 25.7. The molecule has 47 heavy (non-hydrogen) atoms. The first kappa shape index (κ1) is 37.6. The molecule has 2 aromatic carbocycles. The van der Waals surface area contributed by atoms with Crippen LogP contribution in [0.2, 0.25) is 10.0 Å². The number of halogens is 8. The van der Waals surface area contributed by atoms with Crippen molar-refractivity contribution in [1.29, 1.82) is 0 Å². The van der Waals surface area contributed by atoms with E-state index in [2.05, 4.69) is 20.0 Å². The summed E-state index contributed by atoms with van der Waals surface area (Å²) in [7, 11) is -3.65. The van der Waals surface area contributed by atoms with Crippen LogP contribution in [0.4, 0.5) is 37.7 Å². The Bertz CT molecular complexity index is 1900. The number of benzene rings is 2. The van der Waals surface area contributed by atoms with E-state index < -0.39 is 51.8 Å². The van der Waals surface area contributed by atoms with E-state index in [9.17, 15) is 44.3 Å². The molecule has 0 radical (unpaired) electrons. The maximum absolute atomic E-state index is 13.0. The number of nitrogens with one attached hydrogen (secondary N) is 1. The normalized spacial score (nSPS) is 11.8. The lowest BCUT2D eigenvalue weighted by Gasteiger charge is -2.26. The Hall–Kier alpha value is -3.88. The quantitative estimate of drug-likeness (QED) is 0.208. The third-order valence-electron chi connectivity index (χ3n) is 5.59. The van der Waals surface area contributed by atoms with Crippen LogP contribution in [0, 0.1) is 12.7 Å². The molecular weight excluding hydrogens is 727 g/mol. The van der Waals surface area contributed by atoms with Gasteiger partial charge >= 0.3 is 18.4 Å². The van der Waals surface area contributed by atoms with Crippen LogP contribution in [0.3, 0.4) is 0 Å². The van der Waals surface area contributed by atoms with Gasteiger partial charge in [-0.2, -0.15) is 26.6 Å². The number of hydrogen-bond acceptors (Lipinski definition) is 9. The highest BCUT2D eigenvalue weighted by molar-refractivity contribution is 7.92. The van der Waals surface area contributed by atoms with Crippen molar-refractivity contribution >= 4 is 61.8 Å². The number of sulfonamides is 1. The van der Waals surface area contributed by atoms with Crippen LogP contribution in [0.25, 0.3) is 5.69 Å². The summed E-state index contributed by atoms with van der Waals surface area (Å²) < 4.78 is 107. The fourth-order valence-corrected chi connectivity index (χ4v) is 5.44. The van der Waals surface area contributed by atoms with E-state index in [1.165, 1.54) is 42.2 Å².